The smallest absolute Gasteiger partial charge is 0.119 e. The van der Waals surface area contributed by atoms with Crippen LogP contribution >= 0.6 is 0 Å². The maximum absolute atomic E-state index is 5.36. The van der Waals surface area contributed by atoms with Crippen LogP contribution < -0.4 is 9.47 Å². The highest BCUT2D eigenvalue weighted by molar-refractivity contribution is 6.08. The Kier molecular flexibility index (Phi) is 3.26. The van der Waals surface area contributed by atoms with Crippen molar-refractivity contribution in [2.45, 2.75) is 0 Å². The molecule has 0 atom stereocenters. The van der Waals surface area contributed by atoms with Gasteiger partial charge in [0.2, 0.25) is 0 Å². The van der Waals surface area contributed by atoms with Gasteiger partial charge in [0.15, 0.2) is 0 Å². The molecule has 0 saturated heterocycles. The number of benzene rings is 5. The van der Waals surface area contributed by atoms with Crippen molar-refractivity contribution in [1.29, 1.82) is 0 Å². The molecule has 5 aromatic rings. The molecule has 5 rings (SSSR count). The summed E-state index contributed by atoms with van der Waals surface area (Å²) in [5, 5.41) is 9.82. The minimum Gasteiger partial charge on any atom is -0.497 e. The van der Waals surface area contributed by atoms with Crippen LogP contribution in [0.5, 0.6) is 11.5 Å². The summed E-state index contributed by atoms with van der Waals surface area (Å²) in [6.45, 7) is 0. The van der Waals surface area contributed by atoms with Gasteiger partial charge in [0, 0.05) is 0 Å². The highest BCUT2D eigenvalue weighted by atomic mass is 16.5. The fraction of sp³-hybridized carbons (Fsp3) is 0.0833. The molecule has 0 fully saturated rings. The fourth-order valence-electron chi connectivity index (χ4n) is 3.71. The predicted molar refractivity (Wildman–Crippen MR) is 110 cm³/mol. The van der Waals surface area contributed by atoms with E-state index in [-0.39, 0.29) is 0 Å². The predicted octanol–water partition coefficient (Wildman–Crippen LogP) is 6.32. The summed E-state index contributed by atoms with van der Waals surface area (Å²) in [5.74, 6) is 1.77. The van der Waals surface area contributed by atoms with E-state index in [0.717, 1.165) is 11.5 Å². The Morgan fingerprint density at radius 1 is 0.385 bits per heavy atom. The Balaban J connectivity index is 1.80. The van der Waals surface area contributed by atoms with Crippen LogP contribution in [-0.2, 0) is 0 Å². The summed E-state index contributed by atoms with van der Waals surface area (Å²) in [4.78, 5) is 0. The molecular formula is C24H18O2. The molecule has 0 spiro atoms. The third kappa shape index (κ3) is 2.34. The van der Waals surface area contributed by atoms with Crippen molar-refractivity contribution in [2.24, 2.45) is 0 Å². The molecule has 0 bridgehead atoms. The van der Waals surface area contributed by atoms with Crippen LogP contribution in [0.25, 0.3) is 43.1 Å². The van der Waals surface area contributed by atoms with Crippen molar-refractivity contribution >= 4 is 43.1 Å². The summed E-state index contributed by atoms with van der Waals surface area (Å²) in [6.07, 6.45) is 0. The molecular weight excluding hydrogens is 320 g/mol. The van der Waals surface area contributed by atoms with Gasteiger partial charge in [-0.15, -0.1) is 0 Å². The first-order valence-corrected chi connectivity index (χ1v) is 8.66. The van der Waals surface area contributed by atoms with Gasteiger partial charge in [-0.1, -0.05) is 12.1 Å². The lowest BCUT2D eigenvalue weighted by molar-refractivity contribution is 0.415. The average molecular weight is 338 g/mol. The lowest BCUT2D eigenvalue weighted by Crippen LogP contribution is -1.84. The molecule has 0 saturated carbocycles. The molecule has 0 N–H and O–H groups in total. The summed E-state index contributed by atoms with van der Waals surface area (Å²) < 4.78 is 10.7. The van der Waals surface area contributed by atoms with Crippen molar-refractivity contribution in [1.82, 2.24) is 0 Å². The van der Waals surface area contributed by atoms with E-state index in [0.29, 0.717) is 0 Å². The number of fused-ring (bicyclic) bond motifs is 4. The molecule has 0 amide bonds. The summed E-state index contributed by atoms with van der Waals surface area (Å²) in [6, 6.07) is 25.9. The number of rotatable bonds is 2. The zero-order valence-electron chi connectivity index (χ0n) is 14.7. The molecule has 5 aromatic carbocycles. The van der Waals surface area contributed by atoms with Crippen LogP contribution in [0.3, 0.4) is 0 Å². The second-order valence-corrected chi connectivity index (χ2v) is 6.68. The maximum Gasteiger partial charge on any atom is 0.119 e. The zero-order chi connectivity index (χ0) is 17.7. The van der Waals surface area contributed by atoms with Crippen LogP contribution in [0, 0.1) is 0 Å². The van der Waals surface area contributed by atoms with Gasteiger partial charge in [0.25, 0.3) is 0 Å². The molecule has 0 aliphatic rings. The Bertz CT molecular complexity index is 1200. The SMILES string of the molecule is COc1ccc2cc3cc4cc5cc(OC)ccc5cc4cc3cc2c1. The van der Waals surface area contributed by atoms with Crippen molar-refractivity contribution in [3.05, 3.63) is 72.8 Å². The molecule has 0 unspecified atom stereocenters. The highest BCUT2D eigenvalue weighted by Gasteiger charge is 2.05. The lowest BCUT2D eigenvalue weighted by atomic mass is 9.97. The summed E-state index contributed by atoms with van der Waals surface area (Å²) in [7, 11) is 3.41. The third-order valence-corrected chi connectivity index (χ3v) is 5.12. The van der Waals surface area contributed by atoms with E-state index in [4.69, 9.17) is 9.47 Å². The quantitative estimate of drug-likeness (QED) is 0.351. The van der Waals surface area contributed by atoms with Gasteiger partial charge in [-0.05, 0) is 104 Å². The molecule has 0 radical (unpaired) electrons. The van der Waals surface area contributed by atoms with Crippen molar-refractivity contribution < 1.29 is 9.47 Å². The Morgan fingerprint density at radius 2 is 0.692 bits per heavy atom. The standard InChI is InChI=1S/C24H18O2/c1-25-23-5-3-15-7-17-10-20-12-22-14-24(26-2)6-4-16(22)8-18(20)9-19(17)11-21(15)13-23/h3-14H,1-2H3. The van der Waals surface area contributed by atoms with E-state index < -0.39 is 0 Å². The average Bonchev–Trinajstić information content (AvgIpc) is 2.68. The van der Waals surface area contributed by atoms with E-state index in [1.165, 1.54) is 43.1 Å². The Hall–Kier alpha value is -3.26. The first kappa shape index (κ1) is 15.0. The molecule has 2 heteroatoms. The largest absolute Gasteiger partial charge is 0.497 e. The number of methoxy groups -OCH3 is 2. The fourth-order valence-corrected chi connectivity index (χ4v) is 3.71. The molecule has 126 valence electrons. The van der Waals surface area contributed by atoms with E-state index in [9.17, 15) is 0 Å². The van der Waals surface area contributed by atoms with Crippen LogP contribution in [0.4, 0.5) is 0 Å². The van der Waals surface area contributed by atoms with Gasteiger partial charge in [0.1, 0.15) is 11.5 Å². The van der Waals surface area contributed by atoms with Crippen LogP contribution in [0.2, 0.25) is 0 Å². The van der Waals surface area contributed by atoms with Crippen LogP contribution in [-0.4, -0.2) is 14.2 Å². The molecule has 0 aliphatic carbocycles. The number of hydrogen-bond acceptors (Lipinski definition) is 2. The highest BCUT2D eigenvalue weighted by Crippen LogP contribution is 2.32. The third-order valence-electron chi connectivity index (χ3n) is 5.12. The Labute approximate surface area is 151 Å². The van der Waals surface area contributed by atoms with Crippen LogP contribution in [0.15, 0.2) is 72.8 Å². The van der Waals surface area contributed by atoms with Gasteiger partial charge in [-0.3, -0.25) is 0 Å². The van der Waals surface area contributed by atoms with E-state index in [1.54, 1.807) is 14.2 Å². The number of hydrogen-bond donors (Lipinski definition) is 0. The minimum atomic E-state index is 0.887. The molecule has 0 aliphatic heterocycles. The van der Waals surface area contributed by atoms with Gasteiger partial charge in [0.05, 0.1) is 14.2 Å². The van der Waals surface area contributed by atoms with E-state index in [1.807, 2.05) is 12.1 Å². The minimum absolute atomic E-state index is 0.887. The first-order chi connectivity index (χ1) is 12.7. The zero-order valence-corrected chi connectivity index (χ0v) is 14.7. The topological polar surface area (TPSA) is 18.5 Å². The maximum atomic E-state index is 5.36. The lowest BCUT2D eigenvalue weighted by Gasteiger charge is -2.09. The molecule has 2 nitrogen and oxygen atoms in total. The summed E-state index contributed by atoms with van der Waals surface area (Å²) >= 11 is 0. The van der Waals surface area contributed by atoms with Gasteiger partial charge in [-0.2, -0.15) is 0 Å². The van der Waals surface area contributed by atoms with Crippen molar-refractivity contribution in [3.8, 4) is 11.5 Å². The van der Waals surface area contributed by atoms with Crippen LogP contribution in [0.1, 0.15) is 0 Å². The second-order valence-electron chi connectivity index (χ2n) is 6.68. The monoisotopic (exact) mass is 338 g/mol. The van der Waals surface area contributed by atoms with E-state index >= 15 is 0 Å². The van der Waals surface area contributed by atoms with Crippen molar-refractivity contribution in [3.63, 3.8) is 0 Å². The number of ether oxygens (including phenoxy) is 2. The molecule has 26 heavy (non-hydrogen) atoms. The molecule has 0 heterocycles. The van der Waals surface area contributed by atoms with Crippen molar-refractivity contribution in [2.75, 3.05) is 14.2 Å². The summed E-state index contributed by atoms with van der Waals surface area (Å²) in [5.41, 5.74) is 0. The van der Waals surface area contributed by atoms with Gasteiger partial charge in [-0.25, -0.2) is 0 Å². The normalized spacial score (nSPS) is 11.5. The molecule has 0 aromatic heterocycles. The van der Waals surface area contributed by atoms with E-state index in [2.05, 4.69) is 60.7 Å². The Morgan fingerprint density at radius 3 is 1.04 bits per heavy atom. The first-order valence-electron chi connectivity index (χ1n) is 8.66. The van der Waals surface area contributed by atoms with Gasteiger partial charge < -0.3 is 9.47 Å². The second kappa shape index (κ2) is 5.63. The van der Waals surface area contributed by atoms with Gasteiger partial charge >= 0.3 is 0 Å².